The van der Waals surface area contributed by atoms with E-state index in [0.717, 1.165) is 43.6 Å². The molecule has 1 heterocycles. The smallest absolute Gasteiger partial charge is 0.224 e. The van der Waals surface area contributed by atoms with E-state index in [4.69, 9.17) is 5.73 Å². The molecule has 0 radical (unpaired) electrons. The fraction of sp³-hybridized carbons (Fsp3) is 0.588. The lowest BCUT2D eigenvalue weighted by molar-refractivity contribution is -0.121. The Kier molecular flexibility index (Phi) is 5.37. The van der Waals surface area contributed by atoms with E-state index in [1.165, 1.54) is 0 Å². The van der Waals surface area contributed by atoms with Crippen LogP contribution in [0.25, 0.3) is 0 Å². The molecule has 1 aromatic carbocycles. The molecule has 0 saturated carbocycles. The number of nitrogens with two attached hydrogens (primary N) is 1. The van der Waals surface area contributed by atoms with Crippen molar-refractivity contribution in [1.29, 1.82) is 0 Å². The molecule has 0 aromatic heterocycles. The quantitative estimate of drug-likeness (QED) is 0.864. The molecule has 0 aliphatic carbocycles. The Balaban J connectivity index is 1.85. The first kappa shape index (κ1) is 16.0. The summed E-state index contributed by atoms with van der Waals surface area (Å²) in [4.78, 5) is 14.5. The maximum absolute atomic E-state index is 12.2. The second-order valence-corrected chi connectivity index (χ2v) is 6.54. The van der Waals surface area contributed by atoms with Gasteiger partial charge in [0.1, 0.15) is 0 Å². The zero-order chi connectivity index (χ0) is 15.3. The van der Waals surface area contributed by atoms with E-state index in [1.54, 1.807) is 0 Å². The van der Waals surface area contributed by atoms with Crippen molar-refractivity contribution in [1.82, 2.24) is 10.2 Å². The second-order valence-electron chi connectivity index (χ2n) is 6.54. The van der Waals surface area contributed by atoms with E-state index in [2.05, 4.69) is 24.2 Å². The number of amides is 1. The fourth-order valence-electron chi connectivity index (χ4n) is 2.81. The first-order chi connectivity index (χ1) is 10.0. The third-order valence-electron chi connectivity index (χ3n) is 4.60. The van der Waals surface area contributed by atoms with Gasteiger partial charge in [-0.05, 0) is 49.5 Å². The highest BCUT2D eigenvalue weighted by atomic mass is 16.1. The Hall–Kier alpha value is -1.39. The number of rotatable bonds is 5. The van der Waals surface area contributed by atoms with Gasteiger partial charge < -0.3 is 16.0 Å². The van der Waals surface area contributed by atoms with Crippen LogP contribution < -0.4 is 11.1 Å². The zero-order valence-electron chi connectivity index (χ0n) is 13.2. The van der Waals surface area contributed by atoms with Crippen LogP contribution in [-0.2, 0) is 17.8 Å². The van der Waals surface area contributed by atoms with Gasteiger partial charge in [-0.15, -0.1) is 0 Å². The van der Waals surface area contributed by atoms with Crippen LogP contribution in [0.2, 0.25) is 0 Å². The molecule has 0 atom stereocenters. The summed E-state index contributed by atoms with van der Waals surface area (Å²) >= 11 is 0. The maximum Gasteiger partial charge on any atom is 0.224 e. The summed E-state index contributed by atoms with van der Waals surface area (Å²) in [6.45, 7) is 5.75. The van der Waals surface area contributed by atoms with E-state index < -0.39 is 0 Å². The molecule has 1 amide bonds. The number of carbonyl (C=O) groups is 1. The summed E-state index contributed by atoms with van der Waals surface area (Å²) in [5.41, 5.74) is 8.03. The van der Waals surface area contributed by atoms with Crippen molar-refractivity contribution in [2.45, 2.75) is 32.7 Å². The number of nitrogens with zero attached hydrogens (tertiary/aromatic N) is 1. The van der Waals surface area contributed by atoms with Crippen molar-refractivity contribution < 1.29 is 4.79 Å². The number of piperidine rings is 1. The molecule has 21 heavy (non-hydrogen) atoms. The molecule has 0 bridgehead atoms. The maximum atomic E-state index is 12.2. The van der Waals surface area contributed by atoms with Gasteiger partial charge in [0.2, 0.25) is 5.91 Å². The Morgan fingerprint density at radius 2 is 1.90 bits per heavy atom. The van der Waals surface area contributed by atoms with Crippen LogP contribution in [0.15, 0.2) is 24.3 Å². The lowest BCUT2D eigenvalue weighted by Crippen LogP contribution is -2.43. The van der Waals surface area contributed by atoms with Crippen LogP contribution in [0.3, 0.4) is 0 Å². The molecule has 1 saturated heterocycles. The summed E-state index contributed by atoms with van der Waals surface area (Å²) < 4.78 is 0. The average molecular weight is 289 g/mol. The Labute approximate surface area is 127 Å². The lowest BCUT2D eigenvalue weighted by atomic mass is 9.80. The summed E-state index contributed by atoms with van der Waals surface area (Å²) in [5, 5.41) is 3.11. The first-order valence-electron chi connectivity index (χ1n) is 7.74. The molecule has 0 spiro atoms. The minimum absolute atomic E-state index is 0.0936. The van der Waals surface area contributed by atoms with Gasteiger partial charge in [0.25, 0.3) is 0 Å². The Morgan fingerprint density at radius 1 is 1.29 bits per heavy atom. The molecular formula is C17H27N3O. The highest BCUT2D eigenvalue weighted by molar-refractivity contribution is 5.79. The third-order valence-corrected chi connectivity index (χ3v) is 4.60. The molecule has 4 nitrogen and oxygen atoms in total. The van der Waals surface area contributed by atoms with Crippen molar-refractivity contribution in [2.75, 3.05) is 26.7 Å². The minimum Gasteiger partial charge on any atom is -0.355 e. The average Bonchev–Trinajstić information content (AvgIpc) is 2.49. The standard InChI is InChI=1S/C17H27N3O/c1-17(7-9-20(2)10-8-17)13-19-16(21)11-14-5-3-4-6-15(14)12-18/h3-6H,7-13,18H2,1-2H3,(H,19,21). The molecule has 4 heteroatoms. The molecule has 1 aromatic rings. The van der Waals surface area contributed by atoms with Crippen LogP contribution in [0.5, 0.6) is 0 Å². The number of carbonyl (C=O) groups excluding carboxylic acids is 1. The predicted molar refractivity (Wildman–Crippen MR) is 85.9 cm³/mol. The van der Waals surface area contributed by atoms with Gasteiger partial charge in [-0.2, -0.15) is 0 Å². The van der Waals surface area contributed by atoms with Gasteiger partial charge in [0, 0.05) is 13.1 Å². The Bertz CT molecular complexity index is 479. The van der Waals surface area contributed by atoms with Gasteiger partial charge in [0.05, 0.1) is 6.42 Å². The summed E-state index contributed by atoms with van der Waals surface area (Å²) in [7, 11) is 2.15. The van der Waals surface area contributed by atoms with E-state index in [-0.39, 0.29) is 11.3 Å². The summed E-state index contributed by atoms with van der Waals surface area (Å²) in [5.74, 6) is 0.0936. The summed E-state index contributed by atoms with van der Waals surface area (Å²) in [6, 6.07) is 7.89. The van der Waals surface area contributed by atoms with E-state index in [0.29, 0.717) is 13.0 Å². The third kappa shape index (κ3) is 4.55. The highest BCUT2D eigenvalue weighted by Crippen LogP contribution is 2.29. The van der Waals surface area contributed by atoms with Crippen molar-refractivity contribution in [2.24, 2.45) is 11.1 Å². The van der Waals surface area contributed by atoms with Gasteiger partial charge in [-0.3, -0.25) is 4.79 Å². The highest BCUT2D eigenvalue weighted by Gasteiger charge is 2.29. The van der Waals surface area contributed by atoms with Crippen LogP contribution in [-0.4, -0.2) is 37.5 Å². The van der Waals surface area contributed by atoms with Crippen molar-refractivity contribution >= 4 is 5.91 Å². The molecular weight excluding hydrogens is 262 g/mol. The molecule has 0 unspecified atom stereocenters. The van der Waals surface area contributed by atoms with E-state index >= 15 is 0 Å². The van der Waals surface area contributed by atoms with Crippen LogP contribution in [0.1, 0.15) is 30.9 Å². The molecule has 1 aliphatic rings. The Morgan fingerprint density at radius 3 is 2.52 bits per heavy atom. The molecule has 2 rings (SSSR count). The van der Waals surface area contributed by atoms with Crippen molar-refractivity contribution in [3.05, 3.63) is 35.4 Å². The number of hydrogen-bond acceptors (Lipinski definition) is 3. The largest absolute Gasteiger partial charge is 0.355 e. The topological polar surface area (TPSA) is 58.4 Å². The number of benzene rings is 1. The van der Waals surface area contributed by atoms with Gasteiger partial charge in [0.15, 0.2) is 0 Å². The van der Waals surface area contributed by atoms with Crippen LogP contribution in [0, 0.1) is 5.41 Å². The first-order valence-corrected chi connectivity index (χ1v) is 7.74. The summed E-state index contributed by atoms with van der Waals surface area (Å²) in [6.07, 6.45) is 2.70. The number of nitrogens with one attached hydrogen (secondary N) is 1. The van der Waals surface area contributed by atoms with Gasteiger partial charge in [-0.25, -0.2) is 0 Å². The molecule has 1 aliphatic heterocycles. The number of likely N-dealkylation sites (tertiary alicyclic amines) is 1. The second kappa shape index (κ2) is 7.05. The normalized spacial score (nSPS) is 18.4. The minimum atomic E-state index is 0.0936. The monoisotopic (exact) mass is 289 g/mol. The molecule has 116 valence electrons. The predicted octanol–water partition coefficient (Wildman–Crippen LogP) is 1.54. The van der Waals surface area contributed by atoms with Crippen molar-refractivity contribution in [3.63, 3.8) is 0 Å². The van der Waals surface area contributed by atoms with Crippen LogP contribution >= 0.6 is 0 Å². The zero-order valence-corrected chi connectivity index (χ0v) is 13.2. The van der Waals surface area contributed by atoms with Crippen molar-refractivity contribution in [3.8, 4) is 0 Å². The SMILES string of the molecule is CN1CCC(C)(CNC(=O)Cc2ccccc2CN)CC1. The molecule has 3 N–H and O–H groups in total. The molecule has 1 fully saturated rings. The fourth-order valence-corrected chi connectivity index (χ4v) is 2.81. The lowest BCUT2D eigenvalue weighted by Gasteiger charge is -2.38. The van der Waals surface area contributed by atoms with Crippen LogP contribution in [0.4, 0.5) is 0 Å². The van der Waals surface area contributed by atoms with Gasteiger partial charge in [-0.1, -0.05) is 31.2 Å². The van der Waals surface area contributed by atoms with Gasteiger partial charge >= 0.3 is 0 Å². The van der Waals surface area contributed by atoms with E-state index in [1.807, 2.05) is 24.3 Å². The van der Waals surface area contributed by atoms with E-state index in [9.17, 15) is 4.79 Å². The number of hydrogen-bond donors (Lipinski definition) is 2.